The number of benzene rings is 1. The molecule has 1 fully saturated rings. The van der Waals surface area contributed by atoms with Gasteiger partial charge >= 0.3 is 0 Å². The molecule has 1 N–H and O–H groups in total. The van der Waals surface area contributed by atoms with Gasteiger partial charge in [0.25, 0.3) is 0 Å². The van der Waals surface area contributed by atoms with Crippen LogP contribution in [0.3, 0.4) is 0 Å². The molecule has 1 saturated heterocycles. The van der Waals surface area contributed by atoms with E-state index in [1.807, 2.05) is 6.07 Å². The fourth-order valence-corrected chi connectivity index (χ4v) is 3.16. The van der Waals surface area contributed by atoms with Gasteiger partial charge in [0.1, 0.15) is 5.75 Å². The van der Waals surface area contributed by atoms with Crippen LogP contribution in [0.25, 0.3) is 0 Å². The zero-order valence-corrected chi connectivity index (χ0v) is 13.8. The number of hydrogen-bond donors (Lipinski definition) is 1. The van der Waals surface area contributed by atoms with Gasteiger partial charge in [-0.25, -0.2) is 0 Å². The minimum Gasteiger partial charge on any atom is -0.497 e. The largest absolute Gasteiger partial charge is 0.497 e. The van der Waals surface area contributed by atoms with Gasteiger partial charge in [-0.3, -0.25) is 0 Å². The zero-order valence-electron chi connectivity index (χ0n) is 13.8. The minimum atomic E-state index is 0.388. The third-order valence-electron chi connectivity index (χ3n) is 4.50. The lowest BCUT2D eigenvalue weighted by Crippen LogP contribution is -2.36. The van der Waals surface area contributed by atoms with Crippen LogP contribution in [0.1, 0.15) is 44.7 Å². The predicted octanol–water partition coefficient (Wildman–Crippen LogP) is 3.47. The molecule has 1 aliphatic rings. The van der Waals surface area contributed by atoms with Gasteiger partial charge in [0.2, 0.25) is 0 Å². The second kappa shape index (κ2) is 8.40. The van der Waals surface area contributed by atoms with Crippen LogP contribution in [0.5, 0.6) is 5.75 Å². The molecule has 0 aliphatic carbocycles. The highest BCUT2D eigenvalue weighted by Gasteiger charge is 2.19. The molecule has 1 heterocycles. The Hall–Kier alpha value is -1.06. The highest BCUT2D eigenvalue weighted by Crippen LogP contribution is 2.22. The fourth-order valence-electron chi connectivity index (χ4n) is 3.16. The number of ether oxygens (including phenoxy) is 1. The molecule has 1 aromatic carbocycles. The van der Waals surface area contributed by atoms with Crippen LogP contribution in [0.15, 0.2) is 24.3 Å². The SMILES string of the molecule is CCNC(CN1CCCC(C)CC1)c1cccc(OC)c1. The number of methoxy groups -OCH3 is 1. The van der Waals surface area contributed by atoms with Crippen LogP contribution >= 0.6 is 0 Å². The Bertz CT molecular complexity index is 421. The Morgan fingerprint density at radius 1 is 1.33 bits per heavy atom. The average Bonchev–Trinajstić information content (AvgIpc) is 2.71. The summed E-state index contributed by atoms with van der Waals surface area (Å²) in [5, 5.41) is 3.63. The molecule has 3 nitrogen and oxygen atoms in total. The van der Waals surface area contributed by atoms with E-state index in [2.05, 4.69) is 42.3 Å². The maximum Gasteiger partial charge on any atom is 0.119 e. The smallest absolute Gasteiger partial charge is 0.119 e. The monoisotopic (exact) mass is 290 g/mol. The summed E-state index contributed by atoms with van der Waals surface area (Å²) < 4.78 is 5.37. The highest BCUT2D eigenvalue weighted by atomic mass is 16.5. The van der Waals surface area contributed by atoms with Gasteiger partial charge in [0, 0.05) is 12.6 Å². The van der Waals surface area contributed by atoms with Crippen LogP contribution in [-0.4, -0.2) is 38.2 Å². The van der Waals surface area contributed by atoms with Gasteiger partial charge in [-0.1, -0.05) is 26.0 Å². The molecular weight excluding hydrogens is 260 g/mol. The fraction of sp³-hybridized carbons (Fsp3) is 0.667. The van der Waals surface area contributed by atoms with Crippen LogP contribution in [0, 0.1) is 5.92 Å². The van der Waals surface area contributed by atoms with Crippen molar-refractivity contribution in [2.75, 3.05) is 33.3 Å². The molecule has 0 aromatic heterocycles. The highest BCUT2D eigenvalue weighted by molar-refractivity contribution is 5.30. The van der Waals surface area contributed by atoms with E-state index in [0.717, 1.165) is 24.8 Å². The predicted molar refractivity (Wildman–Crippen MR) is 88.9 cm³/mol. The van der Waals surface area contributed by atoms with Gasteiger partial charge in [0.05, 0.1) is 7.11 Å². The summed E-state index contributed by atoms with van der Waals surface area (Å²) in [4.78, 5) is 2.62. The van der Waals surface area contributed by atoms with Gasteiger partial charge < -0.3 is 15.0 Å². The Labute approximate surface area is 129 Å². The Balaban J connectivity index is 2.03. The first-order valence-corrected chi connectivity index (χ1v) is 8.32. The van der Waals surface area contributed by atoms with E-state index in [9.17, 15) is 0 Å². The lowest BCUT2D eigenvalue weighted by Gasteiger charge is -2.27. The first-order chi connectivity index (χ1) is 10.2. The zero-order chi connectivity index (χ0) is 15.1. The van der Waals surface area contributed by atoms with Crippen LogP contribution in [0.2, 0.25) is 0 Å². The second-order valence-electron chi connectivity index (χ2n) is 6.22. The minimum absolute atomic E-state index is 0.388. The molecule has 0 amide bonds. The molecule has 21 heavy (non-hydrogen) atoms. The quantitative estimate of drug-likeness (QED) is 0.868. The molecule has 0 bridgehead atoms. The molecular formula is C18H30N2O. The third kappa shape index (κ3) is 5.01. The standard InChI is InChI=1S/C18H30N2O/c1-4-19-18(16-8-5-9-17(13-16)21-3)14-20-11-6-7-15(2)10-12-20/h5,8-9,13,15,18-19H,4,6-7,10-12,14H2,1-3H3. The molecule has 2 unspecified atom stereocenters. The molecule has 2 rings (SSSR count). The van der Waals surface area contributed by atoms with Crippen molar-refractivity contribution in [3.05, 3.63) is 29.8 Å². The van der Waals surface area contributed by atoms with E-state index >= 15 is 0 Å². The first-order valence-electron chi connectivity index (χ1n) is 8.32. The molecule has 0 saturated carbocycles. The van der Waals surface area contributed by atoms with Crippen LogP contribution in [-0.2, 0) is 0 Å². The lowest BCUT2D eigenvalue weighted by molar-refractivity contribution is 0.249. The Kier molecular flexibility index (Phi) is 6.52. The number of likely N-dealkylation sites (N-methyl/N-ethyl adjacent to an activating group) is 1. The number of likely N-dealkylation sites (tertiary alicyclic amines) is 1. The van der Waals surface area contributed by atoms with E-state index < -0.39 is 0 Å². The van der Waals surface area contributed by atoms with E-state index in [4.69, 9.17) is 4.74 Å². The van der Waals surface area contributed by atoms with E-state index in [-0.39, 0.29) is 0 Å². The summed E-state index contributed by atoms with van der Waals surface area (Å²) in [6.45, 7) is 9.11. The maximum atomic E-state index is 5.37. The second-order valence-corrected chi connectivity index (χ2v) is 6.22. The summed E-state index contributed by atoms with van der Waals surface area (Å²) >= 11 is 0. The molecule has 2 atom stereocenters. The van der Waals surface area contributed by atoms with Crippen molar-refractivity contribution in [2.45, 2.75) is 39.2 Å². The summed E-state index contributed by atoms with van der Waals surface area (Å²) in [6, 6.07) is 8.85. The lowest BCUT2D eigenvalue weighted by atomic mass is 10.0. The van der Waals surface area contributed by atoms with Crippen molar-refractivity contribution in [1.29, 1.82) is 0 Å². The number of rotatable bonds is 6. The van der Waals surface area contributed by atoms with Crippen molar-refractivity contribution in [3.63, 3.8) is 0 Å². The summed E-state index contributed by atoms with van der Waals surface area (Å²) in [5.41, 5.74) is 1.33. The van der Waals surface area contributed by atoms with Gasteiger partial charge in [0.15, 0.2) is 0 Å². The molecule has 118 valence electrons. The Morgan fingerprint density at radius 2 is 2.19 bits per heavy atom. The average molecular weight is 290 g/mol. The van der Waals surface area contributed by atoms with E-state index in [0.29, 0.717) is 6.04 Å². The van der Waals surface area contributed by atoms with Crippen molar-refractivity contribution in [2.24, 2.45) is 5.92 Å². The normalized spacial score (nSPS) is 21.8. The topological polar surface area (TPSA) is 24.5 Å². The number of nitrogens with zero attached hydrogens (tertiary/aromatic N) is 1. The molecule has 0 spiro atoms. The van der Waals surface area contributed by atoms with Crippen molar-refractivity contribution in [3.8, 4) is 5.75 Å². The molecule has 1 aliphatic heterocycles. The Morgan fingerprint density at radius 3 is 2.95 bits per heavy atom. The summed E-state index contributed by atoms with van der Waals surface area (Å²) in [5.74, 6) is 1.82. The van der Waals surface area contributed by atoms with Crippen molar-refractivity contribution in [1.82, 2.24) is 10.2 Å². The third-order valence-corrected chi connectivity index (χ3v) is 4.50. The van der Waals surface area contributed by atoms with Crippen LogP contribution < -0.4 is 10.1 Å². The van der Waals surface area contributed by atoms with E-state index in [1.54, 1.807) is 7.11 Å². The molecule has 1 aromatic rings. The van der Waals surface area contributed by atoms with Gasteiger partial charge in [-0.2, -0.15) is 0 Å². The van der Waals surface area contributed by atoms with Gasteiger partial charge in [-0.05, 0) is 62.5 Å². The van der Waals surface area contributed by atoms with Crippen LogP contribution in [0.4, 0.5) is 0 Å². The van der Waals surface area contributed by atoms with E-state index in [1.165, 1.54) is 37.9 Å². The maximum absolute atomic E-state index is 5.37. The van der Waals surface area contributed by atoms with Gasteiger partial charge in [-0.15, -0.1) is 0 Å². The molecule has 3 heteroatoms. The number of hydrogen-bond acceptors (Lipinski definition) is 3. The summed E-state index contributed by atoms with van der Waals surface area (Å²) in [7, 11) is 1.73. The number of nitrogens with one attached hydrogen (secondary N) is 1. The van der Waals surface area contributed by atoms with Crippen molar-refractivity contribution < 1.29 is 4.74 Å². The molecule has 0 radical (unpaired) electrons. The summed E-state index contributed by atoms with van der Waals surface area (Å²) in [6.07, 6.45) is 4.04. The van der Waals surface area contributed by atoms with Crippen molar-refractivity contribution >= 4 is 0 Å². The first kappa shape index (κ1) is 16.3.